The van der Waals surface area contributed by atoms with Gasteiger partial charge in [0.25, 0.3) is 0 Å². The molecular formula is C15H29O4P. The zero-order chi connectivity index (χ0) is 15.1. The summed E-state index contributed by atoms with van der Waals surface area (Å²) >= 11 is 0. The van der Waals surface area contributed by atoms with Crippen LogP contribution in [0.4, 0.5) is 0 Å². The second-order valence-electron chi connectivity index (χ2n) is 6.82. The largest absolute Gasteiger partial charge is 0.376 e. The molecule has 0 aliphatic carbocycles. The van der Waals surface area contributed by atoms with Gasteiger partial charge in [-0.1, -0.05) is 20.1 Å². The molecule has 0 radical (unpaired) electrons. The van der Waals surface area contributed by atoms with Gasteiger partial charge in [0.05, 0.1) is 25.4 Å². The van der Waals surface area contributed by atoms with Crippen LogP contribution in [-0.4, -0.2) is 61.9 Å². The molecule has 0 aromatic carbocycles. The van der Waals surface area contributed by atoms with Crippen LogP contribution < -0.4 is 0 Å². The molecule has 118 valence electrons. The van der Waals surface area contributed by atoms with Gasteiger partial charge in [-0.2, -0.15) is 0 Å². The number of fused-ring (bicyclic) bond motifs is 2. The van der Waals surface area contributed by atoms with Crippen molar-refractivity contribution in [1.82, 2.24) is 0 Å². The van der Waals surface area contributed by atoms with Gasteiger partial charge >= 0.3 is 0 Å². The molecule has 20 heavy (non-hydrogen) atoms. The van der Waals surface area contributed by atoms with Crippen LogP contribution in [0.25, 0.3) is 0 Å². The summed E-state index contributed by atoms with van der Waals surface area (Å²) in [5, 5.41) is 0. The van der Waals surface area contributed by atoms with Gasteiger partial charge in [-0.25, -0.2) is 0 Å². The number of hydrogen-bond acceptors (Lipinski definition) is 4. The lowest BCUT2D eigenvalue weighted by Gasteiger charge is -2.34. The molecule has 2 saturated heterocycles. The van der Waals surface area contributed by atoms with Gasteiger partial charge in [-0.05, 0) is 33.1 Å². The maximum Gasteiger partial charge on any atom is 0.144 e. The van der Waals surface area contributed by atoms with E-state index in [2.05, 4.69) is 26.8 Å². The van der Waals surface area contributed by atoms with Crippen molar-refractivity contribution in [1.29, 1.82) is 0 Å². The molecule has 0 aromatic heterocycles. The fourth-order valence-electron chi connectivity index (χ4n) is 2.63. The highest BCUT2D eigenvalue weighted by atomic mass is 31.2. The standard InChI is InChI=1S/C15H29O4P/c1-10(2)16-8-15-9-17-13(12(5)18-15)14(15)19-20(6,7)11(3)4/h10-14H,6,8-9H2,1-5,7H3. The molecule has 0 N–H and O–H groups in total. The smallest absolute Gasteiger partial charge is 0.144 e. The lowest BCUT2D eigenvalue weighted by Crippen LogP contribution is -2.46. The van der Waals surface area contributed by atoms with Gasteiger partial charge in [0.1, 0.15) is 17.8 Å². The van der Waals surface area contributed by atoms with E-state index in [9.17, 15) is 0 Å². The summed E-state index contributed by atoms with van der Waals surface area (Å²) in [4.78, 5) is 0. The van der Waals surface area contributed by atoms with Gasteiger partial charge in [0.2, 0.25) is 0 Å². The van der Waals surface area contributed by atoms with E-state index in [1.54, 1.807) is 0 Å². The minimum Gasteiger partial charge on any atom is -0.376 e. The summed E-state index contributed by atoms with van der Waals surface area (Å²) in [6.07, 6.45) is 4.49. The van der Waals surface area contributed by atoms with Crippen LogP contribution in [0.3, 0.4) is 0 Å². The van der Waals surface area contributed by atoms with E-state index in [1.807, 2.05) is 20.8 Å². The zero-order valence-corrected chi connectivity index (χ0v) is 14.5. The molecule has 0 saturated carbocycles. The first kappa shape index (κ1) is 16.5. The molecular weight excluding hydrogens is 275 g/mol. The third-order valence-corrected chi connectivity index (χ3v) is 7.22. The Labute approximate surface area is 123 Å². The Hall–Kier alpha value is 0.140. The van der Waals surface area contributed by atoms with Crippen LogP contribution >= 0.6 is 7.11 Å². The zero-order valence-electron chi connectivity index (χ0n) is 13.6. The third kappa shape index (κ3) is 3.00. The van der Waals surface area contributed by atoms with Crippen molar-refractivity contribution >= 4 is 13.4 Å². The second kappa shape index (κ2) is 5.73. The monoisotopic (exact) mass is 304 g/mol. The second-order valence-corrected chi connectivity index (χ2v) is 10.4. The predicted molar refractivity (Wildman–Crippen MR) is 84.1 cm³/mol. The summed E-state index contributed by atoms with van der Waals surface area (Å²) < 4.78 is 24.3. The van der Waals surface area contributed by atoms with Crippen molar-refractivity contribution in [3.63, 3.8) is 0 Å². The number of rotatable bonds is 6. The lowest BCUT2D eigenvalue weighted by molar-refractivity contribution is -0.168. The minimum absolute atomic E-state index is 0.00517. The van der Waals surface area contributed by atoms with Gasteiger partial charge < -0.3 is 18.7 Å². The highest BCUT2D eigenvalue weighted by molar-refractivity contribution is 7.69. The summed E-state index contributed by atoms with van der Waals surface area (Å²) in [6, 6.07) is 0. The first-order chi connectivity index (χ1) is 9.18. The molecule has 5 unspecified atom stereocenters. The van der Waals surface area contributed by atoms with Crippen molar-refractivity contribution < 1.29 is 18.7 Å². The topological polar surface area (TPSA) is 36.9 Å². The van der Waals surface area contributed by atoms with E-state index in [-0.39, 0.29) is 24.4 Å². The van der Waals surface area contributed by atoms with E-state index in [0.29, 0.717) is 18.9 Å². The highest BCUT2D eigenvalue weighted by Gasteiger charge is 2.62. The first-order valence-corrected chi connectivity index (χ1v) is 9.89. The third-order valence-electron chi connectivity index (χ3n) is 4.33. The minimum atomic E-state index is -1.68. The number of hydrogen-bond donors (Lipinski definition) is 0. The normalized spacial score (nSPS) is 39.7. The average Bonchev–Trinajstić information content (AvgIpc) is 2.77. The Morgan fingerprint density at radius 1 is 1.35 bits per heavy atom. The van der Waals surface area contributed by atoms with Crippen molar-refractivity contribution in [3.8, 4) is 0 Å². The quantitative estimate of drug-likeness (QED) is 0.707. The Balaban J connectivity index is 2.15. The van der Waals surface area contributed by atoms with Gasteiger partial charge in [0, 0.05) is 7.11 Å². The lowest BCUT2D eigenvalue weighted by atomic mass is 10.00. The fourth-order valence-corrected chi connectivity index (χ4v) is 3.70. The highest BCUT2D eigenvalue weighted by Crippen LogP contribution is 2.54. The van der Waals surface area contributed by atoms with Crippen LogP contribution in [0.15, 0.2) is 0 Å². The SMILES string of the molecule is C=P(C)(OC1C2OCC1(COC(C)C)OC2C)C(C)C. The molecule has 0 spiro atoms. The molecule has 4 nitrogen and oxygen atoms in total. The molecule has 2 fully saturated rings. The van der Waals surface area contributed by atoms with Crippen molar-refractivity contribution in [2.45, 2.75) is 70.3 Å². The van der Waals surface area contributed by atoms with E-state index >= 15 is 0 Å². The van der Waals surface area contributed by atoms with Gasteiger partial charge in [-0.15, -0.1) is 0 Å². The van der Waals surface area contributed by atoms with Crippen molar-refractivity contribution in [2.75, 3.05) is 19.9 Å². The van der Waals surface area contributed by atoms with Crippen LogP contribution in [0.1, 0.15) is 34.6 Å². The summed E-state index contributed by atoms with van der Waals surface area (Å²) in [7, 11) is -1.68. The molecule has 5 heteroatoms. The van der Waals surface area contributed by atoms with E-state index in [4.69, 9.17) is 18.7 Å². The number of ether oxygens (including phenoxy) is 3. The maximum absolute atomic E-state index is 6.42. The van der Waals surface area contributed by atoms with E-state index in [0.717, 1.165) is 0 Å². The van der Waals surface area contributed by atoms with Crippen LogP contribution in [0, 0.1) is 0 Å². The Morgan fingerprint density at radius 2 is 2.00 bits per heavy atom. The summed E-state index contributed by atoms with van der Waals surface area (Å²) in [5.41, 5.74) is -0.0248. The molecule has 0 amide bonds. The predicted octanol–water partition coefficient (Wildman–Crippen LogP) is 2.76. The average molecular weight is 304 g/mol. The Kier molecular flexibility index (Phi) is 4.73. The molecule has 0 aromatic rings. The fraction of sp³-hybridized carbons (Fsp3) is 0.933. The Morgan fingerprint density at radius 3 is 2.50 bits per heavy atom. The molecule has 2 aliphatic heterocycles. The van der Waals surface area contributed by atoms with Crippen molar-refractivity contribution in [3.05, 3.63) is 0 Å². The van der Waals surface area contributed by atoms with Crippen LogP contribution in [-0.2, 0) is 18.7 Å². The maximum atomic E-state index is 6.42. The van der Waals surface area contributed by atoms with Gasteiger partial charge in [-0.3, -0.25) is 0 Å². The van der Waals surface area contributed by atoms with E-state index in [1.165, 1.54) is 0 Å². The first-order valence-electron chi connectivity index (χ1n) is 7.48. The summed E-state index contributed by atoms with van der Waals surface area (Å²) in [6.45, 7) is 13.7. The molecule has 2 aliphatic rings. The van der Waals surface area contributed by atoms with Gasteiger partial charge in [0.15, 0.2) is 0 Å². The van der Waals surface area contributed by atoms with Crippen molar-refractivity contribution in [2.24, 2.45) is 0 Å². The van der Waals surface area contributed by atoms with Crippen LogP contribution in [0.5, 0.6) is 0 Å². The molecule has 5 atom stereocenters. The molecule has 2 rings (SSSR count). The summed E-state index contributed by atoms with van der Waals surface area (Å²) in [5.74, 6) is 0. The van der Waals surface area contributed by atoms with E-state index < -0.39 is 12.7 Å². The molecule has 2 heterocycles. The Bertz CT molecular complexity index is 395. The molecule has 2 bridgehead atoms. The van der Waals surface area contributed by atoms with Crippen LogP contribution in [0.2, 0.25) is 0 Å².